The number of fused-ring (bicyclic) bond motifs is 12. The molecule has 0 amide bonds. The number of hydrogen-bond acceptors (Lipinski definition) is 4. The number of aromatic nitrogens is 5. The first kappa shape index (κ1) is 37.3. The zero-order chi connectivity index (χ0) is 44.0. The topological polar surface area (TPSA) is 61.7 Å². The second-order valence-electron chi connectivity index (χ2n) is 17.1. The highest BCUT2D eigenvalue weighted by Gasteiger charge is 2.26. The van der Waals surface area contributed by atoms with Crippen LogP contribution in [-0.4, -0.2) is 24.1 Å². The number of rotatable bonds is 6. The van der Waals surface area contributed by atoms with E-state index >= 15 is 0 Å². The van der Waals surface area contributed by atoms with E-state index in [4.69, 9.17) is 19.4 Å². The van der Waals surface area contributed by atoms with Crippen molar-refractivity contribution in [3.05, 3.63) is 224 Å². The van der Waals surface area contributed by atoms with Crippen molar-refractivity contribution >= 4 is 76.3 Å². The molecule has 0 spiro atoms. The molecule has 14 rings (SSSR count). The molecule has 0 aliphatic rings. The summed E-state index contributed by atoms with van der Waals surface area (Å²) >= 11 is 0. The predicted molar refractivity (Wildman–Crippen MR) is 275 cm³/mol. The first-order valence-electron chi connectivity index (χ1n) is 22.6. The number of furan rings is 1. The van der Waals surface area contributed by atoms with Gasteiger partial charge in [0.2, 0.25) is 0 Å². The van der Waals surface area contributed by atoms with Crippen molar-refractivity contribution in [2.75, 3.05) is 0 Å². The lowest BCUT2D eigenvalue weighted by atomic mass is 9.99. The smallest absolute Gasteiger partial charge is 0.166 e. The Hall–Kier alpha value is -9.13. The summed E-state index contributed by atoms with van der Waals surface area (Å²) in [6.45, 7) is 0. The second-order valence-corrected chi connectivity index (χ2v) is 17.1. The van der Waals surface area contributed by atoms with Crippen LogP contribution < -0.4 is 0 Å². The molecule has 0 atom stereocenters. The molecule has 0 bridgehead atoms. The minimum atomic E-state index is 0.577. The molecule has 0 aliphatic heterocycles. The van der Waals surface area contributed by atoms with Gasteiger partial charge in [-0.15, -0.1) is 0 Å². The molecule has 4 aromatic heterocycles. The van der Waals surface area contributed by atoms with Gasteiger partial charge in [0, 0.05) is 55.0 Å². The molecule has 6 nitrogen and oxygen atoms in total. The van der Waals surface area contributed by atoms with Gasteiger partial charge in [0.25, 0.3) is 0 Å². The summed E-state index contributed by atoms with van der Waals surface area (Å²) in [5.41, 5.74) is 13.1. The van der Waals surface area contributed by atoms with Crippen LogP contribution >= 0.6 is 0 Å². The summed E-state index contributed by atoms with van der Waals surface area (Å²) in [5.74, 6) is 1.79. The highest BCUT2D eigenvalue weighted by atomic mass is 16.3. The fourth-order valence-corrected chi connectivity index (χ4v) is 10.3. The van der Waals surface area contributed by atoms with E-state index in [1.54, 1.807) is 0 Å². The van der Waals surface area contributed by atoms with Gasteiger partial charge in [-0.1, -0.05) is 170 Å². The van der Waals surface area contributed by atoms with Crippen LogP contribution in [0.15, 0.2) is 229 Å². The third-order valence-electron chi connectivity index (χ3n) is 13.3. The molecular formula is C61H37N5O. The fourth-order valence-electron chi connectivity index (χ4n) is 10.3. The van der Waals surface area contributed by atoms with E-state index in [-0.39, 0.29) is 0 Å². The van der Waals surface area contributed by atoms with E-state index in [9.17, 15) is 0 Å². The minimum Gasteiger partial charge on any atom is -0.455 e. The lowest BCUT2D eigenvalue weighted by molar-refractivity contribution is 0.673. The van der Waals surface area contributed by atoms with Crippen molar-refractivity contribution in [3.63, 3.8) is 0 Å². The van der Waals surface area contributed by atoms with Crippen molar-refractivity contribution in [1.82, 2.24) is 24.1 Å². The van der Waals surface area contributed by atoms with Gasteiger partial charge in [-0.25, -0.2) is 15.0 Å². The maximum atomic E-state index is 6.99. The number of benzene rings is 10. The standard InChI is InChI=1S/C61H37N5O/c1-4-18-39(19-5-1)59-62-60(40-20-6-2-7-21-40)64-61(63-59)50-37-49-48-28-13-15-30-54(48)67-58(49)56-55-45-26-11-10-17-38(45)32-34-52(55)66(57(50)56)44-25-16-22-41(35-44)42-31-33-47-46-27-12-14-29-51(46)65(53(47)36-42)43-23-8-3-9-24-43/h1-37H. The highest BCUT2D eigenvalue weighted by molar-refractivity contribution is 6.32. The molecule has 0 fully saturated rings. The third kappa shape index (κ3) is 5.80. The summed E-state index contributed by atoms with van der Waals surface area (Å²) in [6.07, 6.45) is 0. The van der Waals surface area contributed by atoms with Crippen LogP contribution in [0.4, 0.5) is 0 Å². The molecule has 0 N–H and O–H groups in total. The normalized spacial score (nSPS) is 11.9. The van der Waals surface area contributed by atoms with Gasteiger partial charge in [-0.05, 0) is 76.5 Å². The largest absolute Gasteiger partial charge is 0.455 e. The van der Waals surface area contributed by atoms with Crippen LogP contribution in [0, 0.1) is 0 Å². The third-order valence-corrected chi connectivity index (χ3v) is 13.3. The quantitative estimate of drug-likeness (QED) is 0.167. The summed E-state index contributed by atoms with van der Waals surface area (Å²) in [4.78, 5) is 15.8. The summed E-state index contributed by atoms with van der Waals surface area (Å²) in [7, 11) is 0. The van der Waals surface area contributed by atoms with E-state index in [0.29, 0.717) is 17.5 Å². The van der Waals surface area contributed by atoms with Gasteiger partial charge >= 0.3 is 0 Å². The Bertz CT molecular complexity index is 4210. The zero-order valence-corrected chi connectivity index (χ0v) is 36.0. The lowest BCUT2D eigenvalue weighted by Gasteiger charge is -2.14. The Morgan fingerprint density at radius 3 is 1.70 bits per heavy atom. The molecule has 14 aromatic rings. The maximum Gasteiger partial charge on any atom is 0.166 e. The van der Waals surface area contributed by atoms with E-state index in [1.807, 2.05) is 42.5 Å². The zero-order valence-electron chi connectivity index (χ0n) is 36.0. The lowest BCUT2D eigenvalue weighted by Crippen LogP contribution is -2.02. The average Bonchev–Trinajstić information content (AvgIpc) is 4.07. The Morgan fingerprint density at radius 2 is 0.925 bits per heavy atom. The first-order valence-corrected chi connectivity index (χ1v) is 22.6. The van der Waals surface area contributed by atoms with E-state index in [0.717, 1.165) is 99.2 Å². The van der Waals surface area contributed by atoms with Gasteiger partial charge in [0.1, 0.15) is 11.2 Å². The minimum absolute atomic E-state index is 0.577. The van der Waals surface area contributed by atoms with Gasteiger partial charge < -0.3 is 13.6 Å². The Morgan fingerprint density at radius 1 is 0.328 bits per heavy atom. The van der Waals surface area contributed by atoms with Crippen LogP contribution in [0.1, 0.15) is 0 Å². The van der Waals surface area contributed by atoms with Crippen LogP contribution in [-0.2, 0) is 0 Å². The van der Waals surface area contributed by atoms with Crippen molar-refractivity contribution in [2.24, 2.45) is 0 Å². The Labute approximate surface area is 384 Å². The molecular weight excluding hydrogens is 819 g/mol. The molecule has 0 saturated carbocycles. The number of hydrogen-bond donors (Lipinski definition) is 0. The van der Waals surface area contributed by atoms with Crippen LogP contribution in [0.5, 0.6) is 0 Å². The average molecular weight is 856 g/mol. The van der Waals surface area contributed by atoms with Gasteiger partial charge in [-0.2, -0.15) is 0 Å². The van der Waals surface area contributed by atoms with E-state index < -0.39 is 0 Å². The van der Waals surface area contributed by atoms with Crippen molar-refractivity contribution in [3.8, 4) is 56.7 Å². The number of nitrogens with zero attached hydrogens (tertiary/aromatic N) is 5. The van der Waals surface area contributed by atoms with Gasteiger partial charge in [-0.3, -0.25) is 0 Å². The van der Waals surface area contributed by atoms with Crippen molar-refractivity contribution < 1.29 is 4.42 Å². The molecule has 67 heavy (non-hydrogen) atoms. The Balaban J connectivity index is 1.09. The first-order chi connectivity index (χ1) is 33.2. The predicted octanol–water partition coefficient (Wildman–Crippen LogP) is 15.8. The van der Waals surface area contributed by atoms with E-state index in [1.165, 1.54) is 16.3 Å². The molecule has 312 valence electrons. The van der Waals surface area contributed by atoms with Crippen molar-refractivity contribution in [1.29, 1.82) is 0 Å². The molecule has 6 heteroatoms. The number of para-hydroxylation sites is 3. The van der Waals surface area contributed by atoms with Crippen LogP contribution in [0.25, 0.3) is 133 Å². The van der Waals surface area contributed by atoms with Gasteiger partial charge in [0.15, 0.2) is 17.5 Å². The van der Waals surface area contributed by atoms with Crippen molar-refractivity contribution in [2.45, 2.75) is 0 Å². The molecule has 0 saturated heterocycles. The highest BCUT2D eigenvalue weighted by Crippen LogP contribution is 2.47. The summed E-state index contributed by atoms with van der Waals surface area (Å²) in [6, 6.07) is 79.1. The maximum absolute atomic E-state index is 6.99. The van der Waals surface area contributed by atoms with Gasteiger partial charge in [0.05, 0.1) is 27.5 Å². The summed E-state index contributed by atoms with van der Waals surface area (Å²) < 4.78 is 11.8. The molecule has 0 unspecified atom stereocenters. The van der Waals surface area contributed by atoms with Crippen LogP contribution in [0.3, 0.4) is 0 Å². The molecule has 10 aromatic carbocycles. The summed E-state index contributed by atoms with van der Waals surface area (Å²) in [5, 5.41) is 8.90. The SMILES string of the molecule is c1ccc(-c2nc(-c3ccccc3)nc(-c3cc4c5ccccc5oc4c4c5c6ccccc6ccc5n(-c5cccc(-c6ccc7c8ccccc8n(-c8ccccc8)c7c6)c5)c34)n2)cc1. The molecule has 0 aliphatic carbocycles. The second kappa shape index (κ2) is 14.7. The fraction of sp³-hybridized carbons (Fsp3) is 0. The van der Waals surface area contributed by atoms with Crippen LogP contribution in [0.2, 0.25) is 0 Å². The Kier molecular flexibility index (Phi) is 8.18. The molecule has 4 heterocycles. The van der Waals surface area contributed by atoms with E-state index in [2.05, 4.69) is 191 Å². The molecule has 0 radical (unpaired) electrons. The monoisotopic (exact) mass is 855 g/mol.